The molecular weight excluding hydrogens is 229 g/mol. The monoisotopic (exact) mass is 251 g/mol. The minimum Gasteiger partial charge on any atom is -0.378 e. The van der Waals surface area contributed by atoms with E-state index in [-0.39, 0.29) is 5.82 Å². The highest BCUT2D eigenvalue weighted by Gasteiger charge is 2.14. The van der Waals surface area contributed by atoms with E-state index < -0.39 is 0 Å². The lowest BCUT2D eigenvalue weighted by Crippen LogP contribution is -2.20. The van der Waals surface area contributed by atoms with Crippen LogP contribution in [0, 0.1) is 5.82 Å². The first kappa shape index (κ1) is 13.5. The number of ether oxygens (including phenoxy) is 1. The van der Waals surface area contributed by atoms with Crippen LogP contribution in [0.3, 0.4) is 0 Å². The summed E-state index contributed by atoms with van der Waals surface area (Å²) in [7, 11) is 0. The fourth-order valence-corrected chi connectivity index (χ4v) is 2.34. The van der Waals surface area contributed by atoms with Gasteiger partial charge in [0.2, 0.25) is 0 Å². The highest BCUT2D eigenvalue weighted by molar-refractivity contribution is 5.16. The van der Waals surface area contributed by atoms with Crippen LogP contribution in [0.5, 0.6) is 0 Å². The van der Waals surface area contributed by atoms with Gasteiger partial charge in [0, 0.05) is 6.61 Å². The van der Waals surface area contributed by atoms with E-state index in [1.54, 1.807) is 0 Å². The fraction of sp³-hybridized carbons (Fsp3) is 0.600. The van der Waals surface area contributed by atoms with Crippen LogP contribution in [-0.2, 0) is 11.2 Å². The maximum Gasteiger partial charge on any atom is 0.123 e. The van der Waals surface area contributed by atoms with Gasteiger partial charge in [0.25, 0.3) is 0 Å². The van der Waals surface area contributed by atoms with Gasteiger partial charge in [-0.15, -0.1) is 0 Å². The van der Waals surface area contributed by atoms with E-state index in [9.17, 15) is 4.39 Å². The summed E-state index contributed by atoms with van der Waals surface area (Å²) in [5.74, 6) is -0.164. The van der Waals surface area contributed by atoms with E-state index in [2.05, 4.69) is 5.32 Å². The van der Waals surface area contributed by atoms with Crippen molar-refractivity contribution in [2.45, 2.75) is 38.2 Å². The number of rotatable bonds is 7. The van der Waals surface area contributed by atoms with Crippen molar-refractivity contribution >= 4 is 0 Å². The molecule has 1 aliphatic rings. The highest BCUT2D eigenvalue weighted by Crippen LogP contribution is 2.16. The molecule has 3 heteroatoms. The molecule has 1 saturated heterocycles. The Hall–Kier alpha value is -0.930. The Morgan fingerprint density at radius 3 is 2.78 bits per heavy atom. The van der Waals surface area contributed by atoms with Crippen LogP contribution in [0.15, 0.2) is 24.3 Å². The third-order valence-corrected chi connectivity index (χ3v) is 3.41. The Morgan fingerprint density at radius 2 is 2.06 bits per heavy atom. The van der Waals surface area contributed by atoms with Crippen LogP contribution in [0.1, 0.15) is 31.2 Å². The van der Waals surface area contributed by atoms with E-state index in [1.165, 1.54) is 43.4 Å². The van der Waals surface area contributed by atoms with Gasteiger partial charge in [-0.3, -0.25) is 0 Å². The van der Waals surface area contributed by atoms with Gasteiger partial charge >= 0.3 is 0 Å². The summed E-state index contributed by atoms with van der Waals surface area (Å²) in [6, 6.07) is 6.74. The lowest BCUT2D eigenvalue weighted by Gasteiger charge is -2.09. The second-order valence-corrected chi connectivity index (χ2v) is 4.90. The molecule has 2 nitrogen and oxygen atoms in total. The smallest absolute Gasteiger partial charge is 0.123 e. The molecular formula is C15H22FNO. The molecule has 0 bridgehead atoms. The predicted molar refractivity (Wildman–Crippen MR) is 71.2 cm³/mol. The lowest BCUT2D eigenvalue weighted by atomic mass is 10.1. The summed E-state index contributed by atoms with van der Waals surface area (Å²) in [6.07, 6.45) is 6.26. The average molecular weight is 251 g/mol. The molecule has 18 heavy (non-hydrogen) atoms. The molecule has 1 heterocycles. The maximum atomic E-state index is 12.7. The predicted octanol–water partition coefficient (Wildman–Crippen LogP) is 2.92. The van der Waals surface area contributed by atoms with Crippen molar-refractivity contribution in [1.82, 2.24) is 5.32 Å². The van der Waals surface area contributed by atoms with Crippen molar-refractivity contribution in [1.29, 1.82) is 0 Å². The molecule has 0 aromatic heterocycles. The first-order valence-electron chi connectivity index (χ1n) is 6.91. The normalized spacial score (nSPS) is 19.3. The van der Waals surface area contributed by atoms with Crippen LogP contribution < -0.4 is 5.32 Å². The van der Waals surface area contributed by atoms with E-state index >= 15 is 0 Å². The van der Waals surface area contributed by atoms with Gasteiger partial charge < -0.3 is 10.1 Å². The van der Waals surface area contributed by atoms with Gasteiger partial charge in [-0.05, 0) is 62.9 Å². The zero-order valence-electron chi connectivity index (χ0n) is 10.8. The van der Waals surface area contributed by atoms with Gasteiger partial charge in [-0.25, -0.2) is 4.39 Å². The maximum absolute atomic E-state index is 12.7. The Morgan fingerprint density at radius 1 is 1.22 bits per heavy atom. The summed E-state index contributed by atoms with van der Waals surface area (Å²) < 4.78 is 18.3. The van der Waals surface area contributed by atoms with Crippen molar-refractivity contribution in [3.05, 3.63) is 35.6 Å². The minimum absolute atomic E-state index is 0.164. The molecule has 1 aromatic rings. The second-order valence-electron chi connectivity index (χ2n) is 4.90. The molecule has 1 aromatic carbocycles. The van der Waals surface area contributed by atoms with Gasteiger partial charge in [-0.2, -0.15) is 0 Å². The van der Waals surface area contributed by atoms with Gasteiger partial charge in [0.05, 0.1) is 6.10 Å². The Kier molecular flexibility index (Phi) is 5.62. The van der Waals surface area contributed by atoms with E-state index in [0.29, 0.717) is 6.10 Å². The molecule has 0 amide bonds. The van der Waals surface area contributed by atoms with E-state index in [1.807, 2.05) is 12.1 Å². The van der Waals surface area contributed by atoms with Crippen molar-refractivity contribution < 1.29 is 9.13 Å². The quantitative estimate of drug-likeness (QED) is 0.752. The van der Waals surface area contributed by atoms with Crippen molar-refractivity contribution in [2.75, 3.05) is 19.7 Å². The van der Waals surface area contributed by atoms with Crippen LogP contribution in [0.4, 0.5) is 4.39 Å². The SMILES string of the molecule is Fc1ccc(CCNCCCC2CCCO2)cc1. The molecule has 100 valence electrons. The van der Waals surface area contributed by atoms with Crippen LogP contribution in [-0.4, -0.2) is 25.8 Å². The first-order chi connectivity index (χ1) is 8.84. The lowest BCUT2D eigenvalue weighted by molar-refractivity contribution is 0.102. The summed E-state index contributed by atoms with van der Waals surface area (Å²) in [5.41, 5.74) is 1.18. The standard InChI is InChI=1S/C15H22FNO/c16-14-7-5-13(6-8-14)9-11-17-10-1-3-15-4-2-12-18-15/h5-8,15,17H,1-4,9-12H2. The molecule has 0 spiro atoms. The molecule has 2 rings (SSSR count). The minimum atomic E-state index is -0.164. The largest absolute Gasteiger partial charge is 0.378 e. The molecule has 0 aliphatic carbocycles. The third-order valence-electron chi connectivity index (χ3n) is 3.41. The van der Waals surface area contributed by atoms with Gasteiger partial charge in [0.15, 0.2) is 0 Å². The Labute approximate surface area is 109 Å². The number of benzene rings is 1. The van der Waals surface area contributed by atoms with Crippen LogP contribution >= 0.6 is 0 Å². The Balaban J connectivity index is 1.49. The molecule has 0 saturated carbocycles. The van der Waals surface area contributed by atoms with Crippen molar-refractivity contribution in [3.8, 4) is 0 Å². The third kappa shape index (κ3) is 4.75. The molecule has 1 N–H and O–H groups in total. The summed E-state index contributed by atoms with van der Waals surface area (Å²) >= 11 is 0. The number of nitrogens with one attached hydrogen (secondary N) is 1. The van der Waals surface area contributed by atoms with E-state index in [4.69, 9.17) is 4.74 Å². The molecule has 1 unspecified atom stereocenters. The average Bonchev–Trinajstić information content (AvgIpc) is 2.89. The van der Waals surface area contributed by atoms with E-state index in [0.717, 1.165) is 26.1 Å². The molecule has 1 atom stereocenters. The molecule has 0 radical (unpaired) electrons. The number of hydrogen-bond donors (Lipinski definition) is 1. The van der Waals surface area contributed by atoms with Crippen molar-refractivity contribution in [3.63, 3.8) is 0 Å². The highest BCUT2D eigenvalue weighted by atomic mass is 19.1. The zero-order valence-corrected chi connectivity index (χ0v) is 10.8. The summed E-state index contributed by atoms with van der Waals surface area (Å²) in [6.45, 7) is 2.95. The number of halogens is 1. The van der Waals surface area contributed by atoms with Gasteiger partial charge in [0.1, 0.15) is 5.82 Å². The van der Waals surface area contributed by atoms with Crippen molar-refractivity contribution in [2.24, 2.45) is 0 Å². The number of hydrogen-bond acceptors (Lipinski definition) is 2. The fourth-order valence-electron chi connectivity index (χ4n) is 2.34. The molecule has 1 fully saturated rings. The van der Waals surface area contributed by atoms with Crippen LogP contribution in [0.25, 0.3) is 0 Å². The summed E-state index contributed by atoms with van der Waals surface area (Å²) in [5, 5.41) is 3.42. The second kappa shape index (κ2) is 7.49. The molecule has 1 aliphatic heterocycles. The zero-order chi connectivity index (χ0) is 12.6. The first-order valence-corrected chi connectivity index (χ1v) is 6.91. The summed E-state index contributed by atoms with van der Waals surface area (Å²) in [4.78, 5) is 0. The van der Waals surface area contributed by atoms with Gasteiger partial charge in [-0.1, -0.05) is 12.1 Å². The van der Waals surface area contributed by atoms with Crippen LogP contribution in [0.2, 0.25) is 0 Å². The topological polar surface area (TPSA) is 21.3 Å². The Bertz CT molecular complexity index is 333.